The molecule has 0 bridgehead atoms. The molecule has 4 nitrogen and oxygen atoms in total. The fourth-order valence-electron chi connectivity index (χ4n) is 3.06. The van der Waals surface area contributed by atoms with E-state index < -0.39 is 6.10 Å². The van der Waals surface area contributed by atoms with Crippen LogP contribution in [0.3, 0.4) is 0 Å². The van der Waals surface area contributed by atoms with Crippen LogP contribution in [0.25, 0.3) is 0 Å². The molecular formula is C15H24O4. The van der Waals surface area contributed by atoms with Crippen molar-refractivity contribution in [1.29, 1.82) is 0 Å². The minimum Gasteiger partial charge on any atom is -0.458 e. The van der Waals surface area contributed by atoms with Crippen molar-refractivity contribution in [2.75, 3.05) is 0 Å². The maximum atomic E-state index is 11.6. The summed E-state index contributed by atoms with van der Waals surface area (Å²) in [6.07, 6.45) is 3.03. The first-order chi connectivity index (χ1) is 8.90. The fraction of sp³-hybridized carbons (Fsp3) is 0.800. The molecule has 0 aromatic heterocycles. The predicted octanol–water partition coefficient (Wildman–Crippen LogP) is 1.65. The van der Waals surface area contributed by atoms with Crippen molar-refractivity contribution >= 4 is 5.97 Å². The van der Waals surface area contributed by atoms with Crippen LogP contribution in [0.1, 0.15) is 40.0 Å². The van der Waals surface area contributed by atoms with E-state index in [2.05, 4.69) is 0 Å². The number of hydrogen-bond acceptors (Lipinski definition) is 4. The molecule has 1 aliphatic heterocycles. The van der Waals surface area contributed by atoms with Crippen LogP contribution in [-0.4, -0.2) is 34.5 Å². The number of carbonyl (C=O) groups is 1. The predicted molar refractivity (Wildman–Crippen MR) is 71.3 cm³/mol. The normalized spacial score (nSPS) is 40.2. The standard InChI is InChI=1S/C15H24O4/c1-8(16)4-5-11-6-14-12(7-13(17)9(11)2)10(3)15(18)19-14/h6,8-10,12-14,16-17H,4-5,7H2,1-3H3. The van der Waals surface area contributed by atoms with Gasteiger partial charge in [-0.25, -0.2) is 0 Å². The summed E-state index contributed by atoms with van der Waals surface area (Å²) >= 11 is 0. The summed E-state index contributed by atoms with van der Waals surface area (Å²) in [6, 6.07) is 0. The molecule has 0 spiro atoms. The van der Waals surface area contributed by atoms with Gasteiger partial charge in [0.15, 0.2) is 0 Å². The fourth-order valence-corrected chi connectivity index (χ4v) is 3.06. The second-order valence-corrected chi connectivity index (χ2v) is 6.08. The van der Waals surface area contributed by atoms with Crippen LogP contribution in [0.2, 0.25) is 0 Å². The van der Waals surface area contributed by atoms with Crippen LogP contribution in [-0.2, 0) is 9.53 Å². The number of carbonyl (C=O) groups excluding carboxylic acids is 1. The molecule has 1 aliphatic carbocycles. The molecule has 1 heterocycles. The molecule has 0 saturated carbocycles. The summed E-state index contributed by atoms with van der Waals surface area (Å²) in [5.74, 6) is -0.161. The molecule has 2 aliphatic rings. The van der Waals surface area contributed by atoms with Crippen LogP contribution >= 0.6 is 0 Å². The van der Waals surface area contributed by atoms with E-state index in [4.69, 9.17) is 4.74 Å². The van der Waals surface area contributed by atoms with Crippen molar-refractivity contribution in [2.45, 2.75) is 58.3 Å². The van der Waals surface area contributed by atoms with Gasteiger partial charge in [0.2, 0.25) is 0 Å². The van der Waals surface area contributed by atoms with Gasteiger partial charge in [0.25, 0.3) is 0 Å². The molecule has 6 atom stereocenters. The van der Waals surface area contributed by atoms with Crippen molar-refractivity contribution in [2.24, 2.45) is 17.8 Å². The minimum absolute atomic E-state index is 0.0650. The molecule has 19 heavy (non-hydrogen) atoms. The maximum absolute atomic E-state index is 11.6. The number of fused-ring (bicyclic) bond motifs is 1. The SMILES string of the molecule is CC(O)CCC1=CC2OC(=O)C(C)C2CC(O)C1C. The molecule has 0 aromatic rings. The van der Waals surface area contributed by atoms with Crippen molar-refractivity contribution in [3.05, 3.63) is 11.6 Å². The third-order valence-corrected chi connectivity index (χ3v) is 4.59. The smallest absolute Gasteiger partial charge is 0.309 e. The van der Waals surface area contributed by atoms with Crippen molar-refractivity contribution < 1.29 is 19.7 Å². The zero-order chi connectivity index (χ0) is 14.2. The Morgan fingerprint density at radius 3 is 2.74 bits per heavy atom. The summed E-state index contributed by atoms with van der Waals surface area (Å²) < 4.78 is 5.40. The maximum Gasteiger partial charge on any atom is 0.309 e. The molecule has 1 saturated heterocycles. The van der Waals surface area contributed by atoms with Gasteiger partial charge >= 0.3 is 5.97 Å². The lowest BCUT2D eigenvalue weighted by atomic mass is 9.86. The zero-order valence-electron chi connectivity index (χ0n) is 11.9. The summed E-state index contributed by atoms with van der Waals surface area (Å²) in [4.78, 5) is 11.6. The number of aliphatic hydroxyl groups excluding tert-OH is 2. The van der Waals surface area contributed by atoms with Crippen LogP contribution in [0.15, 0.2) is 11.6 Å². The topological polar surface area (TPSA) is 66.8 Å². The van der Waals surface area contributed by atoms with Gasteiger partial charge in [-0.1, -0.05) is 19.4 Å². The molecule has 6 unspecified atom stereocenters. The third kappa shape index (κ3) is 3.00. The Kier molecular flexibility index (Phi) is 4.31. The lowest BCUT2D eigenvalue weighted by Gasteiger charge is -2.22. The van der Waals surface area contributed by atoms with Crippen LogP contribution in [0.4, 0.5) is 0 Å². The van der Waals surface area contributed by atoms with Crippen LogP contribution < -0.4 is 0 Å². The quantitative estimate of drug-likeness (QED) is 0.603. The average Bonchev–Trinajstić information content (AvgIpc) is 2.53. The van der Waals surface area contributed by atoms with Gasteiger partial charge in [-0.05, 0) is 32.3 Å². The average molecular weight is 268 g/mol. The summed E-state index contributed by atoms with van der Waals surface area (Å²) in [7, 11) is 0. The number of ether oxygens (including phenoxy) is 1. The van der Waals surface area contributed by atoms with Crippen LogP contribution in [0.5, 0.6) is 0 Å². The first-order valence-corrected chi connectivity index (χ1v) is 7.17. The second-order valence-electron chi connectivity index (χ2n) is 6.08. The second kappa shape index (κ2) is 5.63. The third-order valence-electron chi connectivity index (χ3n) is 4.59. The van der Waals surface area contributed by atoms with Crippen molar-refractivity contribution in [3.8, 4) is 0 Å². The summed E-state index contributed by atoms with van der Waals surface area (Å²) in [5, 5.41) is 19.7. The Hall–Kier alpha value is -0.870. The van der Waals surface area contributed by atoms with Gasteiger partial charge in [-0.15, -0.1) is 0 Å². The number of esters is 1. The first kappa shape index (κ1) is 14.5. The Bertz CT molecular complexity index is 374. The van der Waals surface area contributed by atoms with Crippen molar-refractivity contribution in [1.82, 2.24) is 0 Å². The van der Waals surface area contributed by atoms with E-state index in [0.717, 1.165) is 12.0 Å². The molecule has 108 valence electrons. The molecule has 0 radical (unpaired) electrons. The molecular weight excluding hydrogens is 244 g/mol. The van der Waals surface area contributed by atoms with Gasteiger partial charge in [-0.2, -0.15) is 0 Å². The summed E-state index contributed by atoms with van der Waals surface area (Å²) in [6.45, 7) is 5.64. The zero-order valence-corrected chi connectivity index (χ0v) is 11.9. The lowest BCUT2D eigenvalue weighted by Crippen LogP contribution is -2.25. The van der Waals surface area contributed by atoms with Gasteiger partial charge in [0.05, 0.1) is 18.1 Å². The Morgan fingerprint density at radius 1 is 1.42 bits per heavy atom. The van der Waals surface area contributed by atoms with E-state index in [-0.39, 0.29) is 35.9 Å². The Labute approximate surface area is 114 Å². The monoisotopic (exact) mass is 268 g/mol. The highest BCUT2D eigenvalue weighted by Gasteiger charge is 2.44. The Balaban J connectivity index is 2.18. The lowest BCUT2D eigenvalue weighted by molar-refractivity contribution is -0.142. The van der Waals surface area contributed by atoms with E-state index in [9.17, 15) is 15.0 Å². The van der Waals surface area contributed by atoms with Gasteiger partial charge in [-0.3, -0.25) is 4.79 Å². The van der Waals surface area contributed by atoms with E-state index in [1.165, 1.54) is 0 Å². The minimum atomic E-state index is -0.438. The number of rotatable bonds is 3. The molecule has 2 N–H and O–H groups in total. The highest BCUT2D eigenvalue weighted by Crippen LogP contribution is 2.39. The number of aliphatic hydroxyl groups is 2. The van der Waals surface area contributed by atoms with Gasteiger partial charge in [0.1, 0.15) is 6.10 Å². The van der Waals surface area contributed by atoms with E-state index in [1.807, 2.05) is 19.9 Å². The Morgan fingerprint density at radius 2 is 2.11 bits per heavy atom. The van der Waals surface area contributed by atoms with Gasteiger partial charge < -0.3 is 14.9 Å². The van der Waals surface area contributed by atoms with Crippen molar-refractivity contribution in [3.63, 3.8) is 0 Å². The van der Waals surface area contributed by atoms with E-state index in [0.29, 0.717) is 12.8 Å². The molecule has 2 rings (SSSR count). The molecule has 4 heteroatoms. The van der Waals surface area contributed by atoms with Gasteiger partial charge in [0, 0.05) is 11.8 Å². The van der Waals surface area contributed by atoms with E-state index in [1.54, 1.807) is 6.92 Å². The molecule has 0 amide bonds. The highest BCUT2D eigenvalue weighted by atomic mass is 16.6. The van der Waals surface area contributed by atoms with E-state index >= 15 is 0 Å². The number of hydrogen-bond donors (Lipinski definition) is 2. The largest absolute Gasteiger partial charge is 0.458 e. The molecule has 1 fully saturated rings. The first-order valence-electron chi connectivity index (χ1n) is 7.17. The molecule has 0 aromatic carbocycles. The highest BCUT2D eigenvalue weighted by molar-refractivity contribution is 5.75. The summed E-state index contributed by atoms with van der Waals surface area (Å²) in [5.41, 5.74) is 1.10. The van der Waals surface area contributed by atoms with Crippen LogP contribution in [0, 0.1) is 17.8 Å².